The number of benzene rings is 1. The van der Waals surface area contributed by atoms with Crippen LogP contribution in [0.1, 0.15) is 30.4 Å². The standard InChI is InChI=1S/C19H26N2O2/c1-14-6-2-3-7-15(14)11-20-12-16-10-17(18(13-20)23-16)19(22)21-8-4-5-9-21/h2-3,6-7,16-18H,4-5,8-13H2,1H3/t16-,17+,18-/m0/s1. The average Bonchev–Trinajstić information content (AvgIpc) is 3.17. The van der Waals surface area contributed by atoms with Gasteiger partial charge in [0, 0.05) is 32.7 Å². The number of carbonyl (C=O) groups excluding carboxylic acids is 1. The van der Waals surface area contributed by atoms with Crippen molar-refractivity contribution in [2.24, 2.45) is 5.92 Å². The fourth-order valence-corrected chi connectivity index (χ4v) is 4.33. The van der Waals surface area contributed by atoms with Crippen LogP contribution in [0.25, 0.3) is 0 Å². The largest absolute Gasteiger partial charge is 0.371 e. The highest BCUT2D eigenvalue weighted by Gasteiger charge is 2.46. The van der Waals surface area contributed by atoms with E-state index in [1.54, 1.807) is 0 Å². The smallest absolute Gasteiger partial charge is 0.228 e. The molecular formula is C19H26N2O2. The Morgan fingerprint density at radius 3 is 2.78 bits per heavy atom. The first-order valence-electron chi connectivity index (χ1n) is 8.92. The van der Waals surface area contributed by atoms with Crippen molar-refractivity contribution >= 4 is 5.91 Å². The fraction of sp³-hybridized carbons (Fsp3) is 0.632. The Kier molecular flexibility index (Phi) is 4.12. The highest BCUT2D eigenvalue weighted by Crippen LogP contribution is 2.34. The van der Waals surface area contributed by atoms with Gasteiger partial charge in [-0.3, -0.25) is 9.69 Å². The van der Waals surface area contributed by atoms with Gasteiger partial charge in [0.1, 0.15) is 0 Å². The monoisotopic (exact) mass is 314 g/mol. The zero-order valence-corrected chi connectivity index (χ0v) is 13.9. The Labute approximate surface area is 138 Å². The maximum atomic E-state index is 12.7. The molecule has 23 heavy (non-hydrogen) atoms. The molecule has 1 amide bonds. The van der Waals surface area contributed by atoms with E-state index in [1.807, 2.05) is 0 Å². The molecule has 4 rings (SSSR count). The third kappa shape index (κ3) is 3.02. The number of fused-ring (bicyclic) bond motifs is 2. The number of aryl methyl sites for hydroxylation is 1. The van der Waals surface area contributed by atoms with Crippen LogP contribution in [0, 0.1) is 12.8 Å². The molecule has 1 aromatic rings. The second-order valence-corrected chi connectivity index (χ2v) is 7.29. The Morgan fingerprint density at radius 1 is 1.22 bits per heavy atom. The molecular weight excluding hydrogens is 288 g/mol. The highest BCUT2D eigenvalue weighted by atomic mass is 16.5. The van der Waals surface area contributed by atoms with E-state index in [4.69, 9.17) is 4.74 Å². The first-order chi connectivity index (χ1) is 11.2. The Morgan fingerprint density at radius 2 is 2.00 bits per heavy atom. The molecule has 4 nitrogen and oxygen atoms in total. The lowest BCUT2D eigenvalue weighted by Gasteiger charge is -2.33. The van der Waals surface area contributed by atoms with Gasteiger partial charge in [-0.25, -0.2) is 0 Å². The number of morpholine rings is 1. The molecule has 0 spiro atoms. The normalized spacial score (nSPS) is 30.8. The number of nitrogens with zero attached hydrogens (tertiary/aromatic N) is 2. The Hall–Kier alpha value is -1.39. The molecule has 3 saturated heterocycles. The molecule has 2 bridgehead atoms. The Bertz CT molecular complexity index is 582. The molecule has 4 heteroatoms. The van der Waals surface area contributed by atoms with Crippen LogP contribution < -0.4 is 0 Å². The molecule has 0 radical (unpaired) electrons. The van der Waals surface area contributed by atoms with E-state index >= 15 is 0 Å². The predicted octanol–water partition coefficient (Wildman–Crippen LogP) is 2.21. The van der Waals surface area contributed by atoms with E-state index in [-0.39, 0.29) is 18.1 Å². The summed E-state index contributed by atoms with van der Waals surface area (Å²) >= 11 is 0. The summed E-state index contributed by atoms with van der Waals surface area (Å²) in [5.41, 5.74) is 2.73. The van der Waals surface area contributed by atoms with E-state index in [9.17, 15) is 4.79 Å². The van der Waals surface area contributed by atoms with Gasteiger partial charge in [0.2, 0.25) is 5.91 Å². The van der Waals surface area contributed by atoms with Crippen LogP contribution in [-0.4, -0.2) is 54.1 Å². The van der Waals surface area contributed by atoms with Gasteiger partial charge in [0.15, 0.2) is 0 Å². The molecule has 0 aliphatic carbocycles. The third-order valence-electron chi connectivity index (χ3n) is 5.62. The maximum Gasteiger partial charge on any atom is 0.228 e. The van der Waals surface area contributed by atoms with Gasteiger partial charge < -0.3 is 9.64 Å². The van der Waals surface area contributed by atoms with E-state index in [2.05, 4.69) is 41.0 Å². The highest BCUT2D eigenvalue weighted by molar-refractivity contribution is 5.80. The second-order valence-electron chi connectivity index (χ2n) is 7.29. The molecule has 3 atom stereocenters. The van der Waals surface area contributed by atoms with Gasteiger partial charge >= 0.3 is 0 Å². The number of carbonyl (C=O) groups is 1. The van der Waals surface area contributed by atoms with Crippen molar-refractivity contribution in [2.45, 2.75) is 44.9 Å². The molecule has 0 N–H and O–H groups in total. The predicted molar refractivity (Wildman–Crippen MR) is 89.0 cm³/mol. The summed E-state index contributed by atoms with van der Waals surface area (Å²) in [5.74, 6) is 0.424. The number of amides is 1. The lowest BCUT2D eigenvalue weighted by molar-refractivity contribution is -0.137. The van der Waals surface area contributed by atoms with Crippen molar-refractivity contribution in [1.82, 2.24) is 9.80 Å². The zero-order valence-electron chi connectivity index (χ0n) is 13.9. The molecule has 0 unspecified atom stereocenters. The second kappa shape index (κ2) is 6.25. The molecule has 3 heterocycles. The van der Waals surface area contributed by atoms with Crippen LogP contribution in [0.3, 0.4) is 0 Å². The summed E-state index contributed by atoms with van der Waals surface area (Å²) < 4.78 is 6.10. The van der Waals surface area contributed by atoms with Crippen LogP contribution in [0.15, 0.2) is 24.3 Å². The van der Waals surface area contributed by atoms with Crippen molar-refractivity contribution in [3.63, 3.8) is 0 Å². The maximum absolute atomic E-state index is 12.7. The molecule has 3 aliphatic heterocycles. The van der Waals surface area contributed by atoms with Crippen LogP contribution in [0.4, 0.5) is 0 Å². The molecule has 3 aliphatic rings. The van der Waals surface area contributed by atoms with Crippen LogP contribution in [-0.2, 0) is 16.1 Å². The van der Waals surface area contributed by atoms with Crippen LogP contribution >= 0.6 is 0 Å². The quantitative estimate of drug-likeness (QED) is 0.857. The average molecular weight is 314 g/mol. The summed E-state index contributed by atoms with van der Waals surface area (Å²) in [6, 6.07) is 8.58. The van der Waals surface area contributed by atoms with Crippen molar-refractivity contribution < 1.29 is 9.53 Å². The van der Waals surface area contributed by atoms with Crippen LogP contribution in [0.2, 0.25) is 0 Å². The van der Waals surface area contributed by atoms with Gasteiger partial charge in [-0.2, -0.15) is 0 Å². The van der Waals surface area contributed by atoms with E-state index in [0.29, 0.717) is 5.91 Å². The summed E-state index contributed by atoms with van der Waals surface area (Å²) in [5, 5.41) is 0. The van der Waals surface area contributed by atoms with Crippen molar-refractivity contribution in [3.8, 4) is 0 Å². The van der Waals surface area contributed by atoms with Crippen molar-refractivity contribution in [3.05, 3.63) is 35.4 Å². The first kappa shape index (κ1) is 15.2. The van der Waals surface area contributed by atoms with E-state index in [1.165, 1.54) is 11.1 Å². The minimum atomic E-state index is 0.0833. The summed E-state index contributed by atoms with van der Waals surface area (Å²) in [7, 11) is 0. The Balaban J connectivity index is 1.42. The number of likely N-dealkylation sites (tertiary alicyclic amines) is 2. The number of hydrogen-bond acceptors (Lipinski definition) is 3. The lowest BCUT2D eigenvalue weighted by Crippen LogP contribution is -2.45. The third-order valence-corrected chi connectivity index (χ3v) is 5.62. The summed E-state index contributed by atoms with van der Waals surface area (Å²) in [4.78, 5) is 17.3. The van der Waals surface area contributed by atoms with Crippen LogP contribution in [0.5, 0.6) is 0 Å². The van der Waals surface area contributed by atoms with Crippen molar-refractivity contribution in [1.29, 1.82) is 0 Å². The van der Waals surface area contributed by atoms with Gasteiger partial charge in [-0.15, -0.1) is 0 Å². The molecule has 0 aromatic heterocycles. The lowest BCUT2D eigenvalue weighted by atomic mass is 9.99. The van der Waals surface area contributed by atoms with Gasteiger partial charge in [-0.1, -0.05) is 24.3 Å². The topological polar surface area (TPSA) is 32.8 Å². The molecule has 1 aromatic carbocycles. The zero-order chi connectivity index (χ0) is 15.8. The minimum Gasteiger partial charge on any atom is -0.371 e. The summed E-state index contributed by atoms with van der Waals surface area (Å²) in [6.45, 7) is 6.86. The summed E-state index contributed by atoms with van der Waals surface area (Å²) in [6.07, 6.45) is 3.55. The van der Waals surface area contributed by atoms with Gasteiger partial charge in [0.25, 0.3) is 0 Å². The van der Waals surface area contributed by atoms with Gasteiger partial charge in [0.05, 0.1) is 18.1 Å². The van der Waals surface area contributed by atoms with E-state index in [0.717, 1.165) is 52.0 Å². The van der Waals surface area contributed by atoms with Crippen molar-refractivity contribution in [2.75, 3.05) is 26.2 Å². The SMILES string of the molecule is Cc1ccccc1CN1C[C@@H]2C[C@@H](C(=O)N3CCCC3)[C@H](C1)O2. The molecule has 124 valence electrons. The number of rotatable bonds is 3. The minimum absolute atomic E-state index is 0.0833. The van der Waals surface area contributed by atoms with Gasteiger partial charge in [-0.05, 0) is 37.3 Å². The van der Waals surface area contributed by atoms with E-state index < -0.39 is 0 Å². The molecule has 3 fully saturated rings. The fourth-order valence-electron chi connectivity index (χ4n) is 4.33. The first-order valence-corrected chi connectivity index (χ1v) is 8.92. The molecule has 0 saturated carbocycles. The number of hydrogen-bond donors (Lipinski definition) is 0. The number of ether oxygens (including phenoxy) is 1.